The van der Waals surface area contributed by atoms with Gasteiger partial charge in [-0.2, -0.15) is 17.9 Å². The second kappa shape index (κ2) is 7.80. The smallest absolute Gasteiger partial charge is 0.253 e. The fourth-order valence-electron chi connectivity index (χ4n) is 3.92. The van der Waals surface area contributed by atoms with Crippen LogP contribution in [0, 0.1) is 12.7 Å². The lowest BCUT2D eigenvalue weighted by Crippen LogP contribution is -2.27. The van der Waals surface area contributed by atoms with Crippen LogP contribution in [0.25, 0.3) is 11.0 Å². The fraction of sp³-hybridized carbons (Fsp3) is 0.125. The third-order valence-electron chi connectivity index (χ3n) is 5.56. The summed E-state index contributed by atoms with van der Waals surface area (Å²) in [6.45, 7) is 1.97. The first-order valence-corrected chi connectivity index (χ1v) is 11.5. The first-order valence-electron chi connectivity index (χ1n) is 10.1. The Bertz CT molecular complexity index is 1450. The van der Waals surface area contributed by atoms with E-state index in [1.54, 1.807) is 12.4 Å². The highest BCUT2D eigenvalue weighted by Gasteiger charge is 2.38. The molecule has 0 fully saturated rings. The zero-order valence-corrected chi connectivity index (χ0v) is 18.0. The summed E-state index contributed by atoms with van der Waals surface area (Å²) in [4.78, 5) is 8.62. The van der Waals surface area contributed by atoms with Gasteiger partial charge in [-0.05, 0) is 54.4 Å². The topological polar surface area (TPSA) is 75.5 Å². The van der Waals surface area contributed by atoms with Gasteiger partial charge < -0.3 is 0 Å². The number of halogens is 1. The van der Waals surface area contributed by atoms with Crippen LogP contribution in [0.3, 0.4) is 0 Å². The van der Waals surface area contributed by atoms with Crippen molar-refractivity contribution in [3.63, 3.8) is 0 Å². The van der Waals surface area contributed by atoms with E-state index >= 15 is 0 Å². The minimum Gasteiger partial charge on any atom is -0.253 e. The number of sulfonamides is 1. The molecule has 0 N–H and O–H groups in total. The molecule has 0 bridgehead atoms. The summed E-state index contributed by atoms with van der Waals surface area (Å²) in [6.07, 6.45) is 3.61. The highest BCUT2D eigenvalue weighted by atomic mass is 32.2. The van der Waals surface area contributed by atoms with Crippen molar-refractivity contribution < 1.29 is 12.8 Å². The number of hydrogen-bond acceptors (Lipinski definition) is 5. The highest BCUT2D eigenvalue weighted by Crippen LogP contribution is 2.38. The minimum atomic E-state index is -4.02. The molecule has 0 radical (unpaired) electrons. The molecule has 8 heteroatoms. The Morgan fingerprint density at radius 2 is 1.66 bits per heavy atom. The lowest BCUT2D eigenvalue weighted by atomic mass is 9.96. The number of hydrazone groups is 1. The third-order valence-corrected chi connectivity index (χ3v) is 7.26. The summed E-state index contributed by atoms with van der Waals surface area (Å²) in [7, 11) is -4.02. The van der Waals surface area contributed by atoms with Gasteiger partial charge in [0.15, 0.2) is 0 Å². The van der Waals surface area contributed by atoms with Crippen LogP contribution in [-0.2, 0) is 10.0 Å². The first kappa shape index (κ1) is 20.3. The van der Waals surface area contributed by atoms with Gasteiger partial charge in [0.25, 0.3) is 10.0 Å². The molecule has 0 amide bonds. The van der Waals surface area contributed by atoms with E-state index in [1.807, 2.05) is 49.4 Å². The van der Waals surface area contributed by atoms with E-state index in [9.17, 15) is 12.8 Å². The predicted molar refractivity (Wildman–Crippen MR) is 120 cm³/mol. The van der Waals surface area contributed by atoms with Crippen molar-refractivity contribution >= 4 is 26.8 Å². The van der Waals surface area contributed by atoms with Crippen LogP contribution in [0.15, 0.2) is 89.1 Å². The first-order chi connectivity index (χ1) is 15.4. The lowest BCUT2D eigenvalue weighted by Gasteiger charge is -2.23. The molecule has 2 heterocycles. The summed E-state index contributed by atoms with van der Waals surface area (Å²) >= 11 is 0. The maximum Gasteiger partial charge on any atom is 0.279 e. The standard InChI is InChI=1S/C24H19FN4O2S/c1-16-4-2-3-5-20(16)22-15-24(17-6-11-21-23(14-17)27-13-12-26-21)29(28-22)32(30,31)19-9-7-18(25)8-10-19/h2-14,24H,15H2,1H3/t24-/m1/s1. The average Bonchev–Trinajstić information content (AvgIpc) is 3.25. The minimum absolute atomic E-state index is 0.0146. The normalized spacial score (nSPS) is 16.4. The van der Waals surface area contributed by atoms with Crippen LogP contribution in [0.1, 0.15) is 29.2 Å². The van der Waals surface area contributed by atoms with Gasteiger partial charge in [0.05, 0.1) is 27.7 Å². The van der Waals surface area contributed by atoms with Gasteiger partial charge in [0.1, 0.15) is 5.82 Å². The molecule has 0 saturated carbocycles. The van der Waals surface area contributed by atoms with Crippen LogP contribution in [-0.4, -0.2) is 28.5 Å². The van der Waals surface area contributed by atoms with Gasteiger partial charge >= 0.3 is 0 Å². The van der Waals surface area contributed by atoms with Gasteiger partial charge in [-0.1, -0.05) is 30.3 Å². The molecule has 160 valence electrons. The molecule has 0 aliphatic carbocycles. The molecule has 1 aromatic heterocycles. The van der Waals surface area contributed by atoms with Crippen molar-refractivity contribution in [2.45, 2.75) is 24.3 Å². The van der Waals surface area contributed by atoms with Crippen LogP contribution in [0.2, 0.25) is 0 Å². The number of hydrogen-bond donors (Lipinski definition) is 0. The Balaban J connectivity index is 1.64. The molecule has 1 aliphatic rings. The Morgan fingerprint density at radius 1 is 0.938 bits per heavy atom. The van der Waals surface area contributed by atoms with Crippen molar-refractivity contribution in [1.82, 2.24) is 14.4 Å². The molecule has 5 rings (SSSR count). The van der Waals surface area contributed by atoms with Crippen molar-refractivity contribution in [3.05, 3.63) is 102 Å². The molecular formula is C24H19FN4O2S. The quantitative estimate of drug-likeness (QED) is 0.459. The lowest BCUT2D eigenvalue weighted by molar-refractivity contribution is 0.371. The van der Waals surface area contributed by atoms with Crippen LogP contribution in [0.4, 0.5) is 4.39 Å². The zero-order chi connectivity index (χ0) is 22.3. The monoisotopic (exact) mass is 446 g/mol. The number of aromatic nitrogens is 2. The van der Waals surface area contributed by atoms with Crippen LogP contribution < -0.4 is 0 Å². The Kier molecular flexibility index (Phi) is 4.94. The van der Waals surface area contributed by atoms with Crippen molar-refractivity contribution in [1.29, 1.82) is 0 Å². The average molecular weight is 447 g/mol. The van der Waals surface area contributed by atoms with E-state index < -0.39 is 21.9 Å². The maximum atomic E-state index is 13.5. The summed E-state index contributed by atoms with van der Waals surface area (Å²) in [5.74, 6) is -0.501. The van der Waals surface area contributed by atoms with Gasteiger partial charge in [0.2, 0.25) is 0 Å². The molecular weight excluding hydrogens is 427 g/mol. The molecule has 0 saturated heterocycles. The van der Waals surface area contributed by atoms with E-state index in [0.717, 1.165) is 38.8 Å². The predicted octanol–water partition coefficient (Wildman–Crippen LogP) is 4.62. The van der Waals surface area contributed by atoms with Crippen LogP contribution in [0.5, 0.6) is 0 Å². The Morgan fingerprint density at radius 3 is 2.41 bits per heavy atom. The molecule has 0 spiro atoms. The number of benzene rings is 3. The SMILES string of the molecule is Cc1ccccc1C1=NN(S(=O)(=O)c2ccc(F)cc2)[C@@H](c2ccc3nccnc3c2)C1. The zero-order valence-electron chi connectivity index (χ0n) is 17.2. The summed E-state index contributed by atoms with van der Waals surface area (Å²) < 4.78 is 41.6. The maximum absolute atomic E-state index is 13.5. The van der Waals surface area contributed by atoms with Crippen molar-refractivity contribution in [2.24, 2.45) is 5.10 Å². The Hall–Kier alpha value is -3.65. The molecule has 4 aromatic rings. The van der Waals surface area contributed by atoms with E-state index in [2.05, 4.69) is 15.1 Å². The molecule has 6 nitrogen and oxygen atoms in total. The number of nitrogens with zero attached hydrogens (tertiary/aromatic N) is 4. The van der Waals surface area contributed by atoms with Gasteiger partial charge in [-0.3, -0.25) is 9.97 Å². The van der Waals surface area contributed by atoms with E-state index in [1.165, 1.54) is 12.1 Å². The van der Waals surface area contributed by atoms with Gasteiger partial charge in [0, 0.05) is 24.4 Å². The second-order valence-electron chi connectivity index (χ2n) is 7.62. The number of rotatable bonds is 4. The number of fused-ring (bicyclic) bond motifs is 1. The van der Waals surface area contributed by atoms with E-state index in [-0.39, 0.29) is 4.90 Å². The third kappa shape index (κ3) is 3.52. The molecule has 1 aliphatic heterocycles. The fourth-order valence-corrected chi connectivity index (χ4v) is 5.35. The van der Waals surface area contributed by atoms with Crippen molar-refractivity contribution in [2.75, 3.05) is 0 Å². The summed E-state index contributed by atoms with van der Waals surface area (Å²) in [5.41, 5.74) is 4.75. The van der Waals surface area contributed by atoms with Crippen molar-refractivity contribution in [3.8, 4) is 0 Å². The summed E-state index contributed by atoms with van der Waals surface area (Å²) in [6, 6.07) is 17.5. The van der Waals surface area contributed by atoms with Gasteiger partial charge in [-0.15, -0.1) is 0 Å². The molecule has 3 aromatic carbocycles. The van der Waals surface area contributed by atoms with Crippen LogP contribution >= 0.6 is 0 Å². The Labute approximate surface area is 185 Å². The summed E-state index contributed by atoms with van der Waals surface area (Å²) in [5, 5.41) is 4.56. The number of aryl methyl sites for hydroxylation is 1. The molecule has 0 unspecified atom stereocenters. The van der Waals surface area contributed by atoms with E-state index in [0.29, 0.717) is 17.6 Å². The largest absolute Gasteiger partial charge is 0.279 e. The molecule has 1 atom stereocenters. The van der Waals surface area contributed by atoms with Gasteiger partial charge in [-0.25, -0.2) is 4.39 Å². The highest BCUT2D eigenvalue weighted by molar-refractivity contribution is 7.89. The van der Waals surface area contributed by atoms with E-state index in [4.69, 9.17) is 0 Å². The second-order valence-corrected chi connectivity index (χ2v) is 9.41. The molecule has 32 heavy (non-hydrogen) atoms.